The van der Waals surface area contributed by atoms with Crippen molar-refractivity contribution in [2.75, 3.05) is 18.1 Å². The Hall–Kier alpha value is -0.100. The quantitative estimate of drug-likeness (QED) is 0.668. The lowest BCUT2D eigenvalue weighted by atomic mass is 10.8. The number of hydrogen-bond donors (Lipinski definition) is 1. The second-order valence-electron chi connectivity index (χ2n) is 1.69. The Labute approximate surface area is 59.0 Å². The van der Waals surface area contributed by atoms with Gasteiger partial charge in [0.2, 0.25) is 0 Å². The number of alkyl halides is 3. The van der Waals surface area contributed by atoms with Crippen LogP contribution in [0.15, 0.2) is 0 Å². The van der Waals surface area contributed by atoms with Gasteiger partial charge in [-0.25, -0.2) is 0 Å². The van der Waals surface area contributed by atoms with Crippen molar-refractivity contribution in [1.29, 1.82) is 0 Å². The molecular weight excluding hydrogens is 167 g/mol. The third-order valence-corrected chi connectivity index (χ3v) is 2.01. The maximum absolute atomic E-state index is 11.4. The van der Waals surface area contributed by atoms with Gasteiger partial charge in [-0.15, -0.1) is 0 Å². The third-order valence-electron chi connectivity index (χ3n) is 0.670. The molecule has 10 heavy (non-hydrogen) atoms. The maximum atomic E-state index is 11.4. The Morgan fingerprint density at radius 2 is 1.90 bits per heavy atom. The minimum absolute atomic E-state index is 0.0304. The topological polar surface area (TPSA) is 43.1 Å². The molecule has 62 valence electrons. The van der Waals surface area contributed by atoms with Gasteiger partial charge in [0.1, 0.15) is 5.75 Å². The molecule has 0 amide bonds. The minimum Gasteiger partial charge on any atom is -0.330 e. The van der Waals surface area contributed by atoms with Crippen LogP contribution in [-0.2, 0) is 10.8 Å². The predicted octanol–water partition coefficient (Wildman–Crippen LogP) is 0.256. The molecular formula is C4H8F3NOS. The van der Waals surface area contributed by atoms with Crippen LogP contribution in [0, 0.1) is 0 Å². The predicted molar refractivity (Wildman–Crippen MR) is 33.0 cm³/mol. The summed E-state index contributed by atoms with van der Waals surface area (Å²) in [5, 5.41) is 0. The maximum Gasteiger partial charge on any atom is 0.400 e. The van der Waals surface area contributed by atoms with E-state index in [1.165, 1.54) is 0 Å². The monoisotopic (exact) mass is 175 g/mol. The highest BCUT2D eigenvalue weighted by Gasteiger charge is 2.29. The molecule has 0 rings (SSSR count). The van der Waals surface area contributed by atoms with E-state index < -0.39 is 22.7 Å². The fourth-order valence-corrected chi connectivity index (χ4v) is 1.16. The fraction of sp³-hybridized carbons (Fsp3) is 1.00. The summed E-state index contributed by atoms with van der Waals surface area (Å²) in [7, 11) is -1.84. The second-order valence-corrected chi connectivity index (χ2v) is 3.27. The summed E-state index contributed by atoms with van der Waals surface area (Å²) >= 11 is 0. The zero-order valence-electron chi connectivity index (χ0n) is 5.15. The van der Waals surface area contributed by atoms with Gasteiger partial charge in [-0.3, -0.25) is 4.21 Å². The summed E-state index contributed by atoms with van der Waals surface area (Å²) in [6.07, 6.45) is -4.33. The Kier molecular flexibility index (Phi) is 3.88. The molecule has 0 spiro atoms. The average Bonchev–Trinajstić information content (AvgIpc) is 1.59. The average molecular weight is 175 g/mol. The lowest BCUT2D eigenvalue weighted by Crippen LogP contribution is -2.22. The van der Waals surface area contributed by atoms with Crippen molar-refractivity contribution in [1.82, 2.24) is 0 Å². The summed E-state index contributed by atoms with van der Waals surface area (Å²) in [4.78, 5) is 0. The normalized spacial score (nSPS) is 15.2. The van der Waals surface area contributed by atoms with Crippen LogP contribution in [-0.4, -0.2) is 28.4 Å². The summed E-state index contributed by atoms with van der Waals surface area (Å²) in [5.41, 5.74) is 4.89. The van der Waals surface area contributed by atoms with Gasteiger partial charge in [-0.2, -0.15) is 13.2 Å². The van der Waals surface area contributed by atoms with Crippen molar-refractivity contribution in [2.24, 2.45) is 5.73 Å². The van der Waals surface area contributed by atoms with Gasteiger partial charge in [0.25, 0.3) is 0 Å². The molecule has 0 aromatic rings. The molecule has 2 nitrogen and oxygen atoms in total. The summed E-state index contributed by atoms with van der Waals surface area (Å²) in [5.74, 6) is -1.33. The van der Waals surface area contributed by atoms with Gasteiger partial charge >= 0.3 is 6.18 Å². The smallest absolute Gasteiger partial charge is 0.330 e. The molecule has 0 aromatic carbocycles. The lowest BCUT2D eigenvalue weighted by Gasteiger charge is -2.03. The van der Waals surface area contributed by atoms with Crippen molar-refractivity contribution in [3.63, 3.8) is 0 Å². The van der Waals surface area contributed by atoms with Gasteiger partial charge in [-0.05, 0) is 0 Å². The second kappa shape index (κ2) is 3.92. The van der Waals surface area contributed by atoms with Crippen LogP contribution in [0.1, 0.15) is 0 Å². The molecule has 1 atom stereocenters. The van der Waals surface area contributed by atoms with E-state index in [1.54, 1.807) is 0 Å². The van der Waals surface area contributed by atoms with Crippen molar-refractivity contribution in [3.8, 4) is 0 Å². The first-order valence-corrected chi connectivity index (χ1v) is 4.06. The van der Waals surface area contributed by atoms with Gasteiger partial charge < -0.3 is 5.73 Å². The van der Waals surface area contributed by atoms with Crippen LogP contribution in [0.3, 0.4) is 0 Å². The van der Waals surface area contributed by atoms with E-state index >= 15 is 0 Å². The van der Waals surface area contributed by atoms with E-state index in [2.05, 4.69) is 0 Å². The van der Waals surface area contributed by atoms with Crippen LogP contribution >= 0.6 is 0 Å². The standard InChI is InChI=1S/C4H8F3NOS/c5-4(6,7)3-10(9)2-1-8/h1-3,8H2/t10-/m1/s1. The van der Waals surface area contributed by atoms with Crippen molar-refractivity contribution >= 4 is 10.8 Å². The van der Waals surface area contributed by atoms with Crippen molar-refractivity contribution in [2.45, 2.75) is 6.18 Å². The zero-order valence-corrected chi connectivity index (χ0v) is 5.97. The van der Waals surface area contributed by atoms with Gasteiger partial charge in [0.15, 0.2) is 0 Å². The molecule has 0 radical (unpaired) electrons. The van der Waals surface area contributed by atoms with E-state index in [4.69, 9.17) is 5.73 Å². The number of hydrogen-bond acceptors (Lipinski definition) is 2. The summed E-state index contributed by atoms with van der Waals surface area (Å²) in [6.45, 7) is 0.0304. The zero-order chi connectivity index (χ0) is 8.20. The molecule has 2 N–H and O–H groups in total. The van der Waals surface area contributed by atoms with Crippen molar-refractivity contribution in [3.05, 3.63) is 0 Å². The van der Waals surface area contributed by atoms with E-state index in [0.29, 0.717) is 0 Å². The van der Waals surface area contributed by atoms with E-state index in [1.807, 2.05) is 0 Å². The Morgan fingerprint density at radius 3 is 2.20 bits per heavy atom. The molecule has 6 heteroatoms. The van der Waals surface area contributed by atoms with Gasteiger partial charge in [0, 0.05) is 23.1 Å². The van der Waals surface area contributed by atoms with Gasteiger partial charge in [0.05, 0.1) is 0 Å². The molecule has 0 aromatic heterocycles. The van der Waals surface area contributed by atoms with E-state index in [9.17, 15) is 17.4 Å². The SMILES string of the molecule is NCC[S@@](=O)CC(F)(F)F. The summed E-state index contributed by atoms with van der Waals surface area (Å²) in [6, 6.07) is 0. The molecule has 0 heterocycles. The molecule has 0 aliphatic carbocycles. The Morgan fingerprint density at radius 1 is 1.40 bits per heavy atom. The van der Waals surface area contributed by atoms with E-state index in [-0.39, 0.29) is 12.3 Å². The number of halogens is 3. The highest BCUT2D eigenvalue weighted by Crippen LogP contribution is 2.15. The van der Waals surface area contributed by atoms with E-state index in [0.717, 1.165) is 0 Å². The minimum atomic E-state index is -4.33. The fourth-order valence-electron chi connectivity index (χ4n) is 0.386. The molecule has 0 aliphatic rings. The first-order valence-electron chi connectivity index (χ1n) is 2.57. The highest BCUT2D eigenvalue weighted by atomic mass is 32.2. The molecule has 0 fully saturated rings. The third kappa shape index (κ3) is 6.03. The summed E-state index contributed by atoms with van der Waals surface area (Å²) < 4.78 is 44.6. The van der Waals surface area contributed by atoms with Crippen LogP contribution in [0.4, 0.5) is 13.2 Å². The largest absolute Gasteiger partial charge is 0.400 e. The molecule has 0 saturated carbocycles. The number of rotatable bonds is 3. The molecule has 0 aliphatic heterocycles. The molecule has 0 unspecified atom stereocenters. The van der Waals surface area contributed by atoms with Gasteiger partial charge in [-0.1, -0.05) is 0 Å². The molecule has 0 saturated heterocycles. The Bertz CT molecular complexity index is 124. The Balaban J connectivity index is 3.58. The van der Waals surface area contributed by atoms with Crippen LogP contribution < -0.4 is 5.73 Å². The number of nitrogens with two attached hydrogens (primary N) is 1. The first kappa shape index (κ1) is 9.90. The van der Waals surface area contributed by atoms with Crippen molar-refractivity contribution < 1.29 is 17.4 Å². The first-order chi connectivity index (χ1) is 4.45. The lowest BCUT2D eigenvalue weighted by molar-refractivity contribution is -0.105. The van der Waals surface area contributed by atoms with Crippen LogP contribution in [0.5, 0.6) is 0 Å². The van der Waals surface area contributed by atoms with Crippen LogP contribution in [0.25, 0.3) is 0 Å². The highest BCUT2D eigenvalue weighted by molar-refractivity contribution is 7.85. The molecule has 0 bridgehead atoms. The van der Waals surface area contributed by atoms with Crippen LogP contribution in [0.2, 0.25) is 0 Å².